The van der Waals surface area contributed by atoms with Crippen LogP contribution in [0.15, 0.2) is 29.4 Å². The van der Waals surface area contributed by atoms with Gasteiger partial charge in [-0.2, -0.15) is 0 Å². The van der Waals surface area contributed by atoms with E-state index in [2.05, 4.69) is 15.3 Å². The third kappa shape index (κ3) is 2.79. The molecule has 2 aromatic rings. The summed E-state index contributed by atoms with van der Waals surface area (Å²) in [5.74, 6) is -1.43. The maximum absolute atomic E-state index is 13.0. The van der Waals surface area contributed by atoms with Crippen LogP contribution in [0.4, 0.5) is 20.4 Å². The molecule has 1 N–H and O–H groups in total. The molecule has 1 heterocycles. The van der Waals surface area contributed by atoms with Crippen LogP contribution in [0, 0.1) is 11.6 Å². The van der Waals surface area contributed by atoms with Crippen molar-refractivity contribution in [2.75, 3.05) is 11.6 Å². The third-order valence-corrected chi connectivity index (χ3v) is 3.09. The number of nitrogens with one attached hydrogen (secondary N) is 1. The molecule has 0 fully saturated rings. The Morgan fingerprint density at radius 2 is 2.06 bits per heavy atom. The number of anilines is 2. The molecule has 3 nitrogen and oxygen atoms in total. The van der Waals surface area contributed by atoms with Crippen LogP contribution in [0.1, 0.15) is 0 Å². The molecule has 0 unspecified atom stereocenters. The number of halogens is 2. The average molecular weight is 265 g/mol. The number of benzene rings is 1. The van der Waals surface area contributed by atoms with E-state index >= 15 is 0 Å². The molecule has 0 aliphatic carbocycles. The monoisotopic (exact) mass is 265 g/mol. The van der Waals surface area contributed by atoms with E-state index in [0.717, 1.165) is 22.6 Å². The third-order valence-electron chi connectivity index (χ3n) is 2.29. The van der Waals surface area contributed by atoms with Crippen molar-refractivity contribution in [3.8, 4) is 0 Å². The molecule has 1 aromatic carbocycles. The SMILES string of the molecule is Bc1cnc(Nc2ccc(F)c(F)c2)nc1SC. The van der Waals surface area contributed by atoms with Crippen molar-refractivity contribution in [3.63, 3.8) is 0 Å². The Kier molecular flexibility index (Phi) is 3.81. The molecule has 0 spiro atoms. The summed E-state index contributed by atoms with van der Waals surface area (Å²) in [5.41, 5.74) is 1.38. The highest BCUT2D eigenvalue weighted by molar-refractivity contribution is 7.98. The van der Waals surface area contributed by atoms with Gasteiger partial charge in [0.25, 0.3) is 0 Å². The summed E-state index contributed by atoms with van der Waals surface area (Å²) in [6.45, 7) is 0. The zero-order chi connectivity index (χ0) is 13.1. The summed E-state index contributed by atoms with van der Waals surface area (Å²) in [6, 6.07) is 3.55. The molecular weight excluding hydrogens is 255 g/mol. The molecule has 2 rings (SSSR count). The minimum absolute atomic E-state index is 0.357. The lowest BCUT2D eigenvalue weighted by molar-refractivity contribution is 0.509. The lowest BCUT2D eigenvalue weighted by Gasteiger charge is -2.07. The summed E-state index contributed by atoms with van der Waals surface area (Å²) in [6.07, 6.45) is 3.59. The molecule has 7 heteroatoms. The average Bonchev–Trinajstić information content (AvgIpc) is 2.36. The number of thioether (sulfide) groups is 1. The largest absolute Gasteiger partial charge is 0.324 e. The second-order valence-corrected chi connectivity index (χ2v) is 4.43. The van der Waals surface area contributed by atoms with Crippen molar-refractivity contribution < 1.29 is 8.78 Å². The van der Waals surface area contributed by atoms with Crippen LogP contribution in [-0.2, 0) is 0 Å². The van der Waals surface area contributed by atoms with E-state index < -0.39 is 11.6 Å². The second-order valence-electron chi connectivity index (χ2n) is 3.64. The van der Waals surface area contributed by atoms with E-state index in [4.69, 9.17) is 0 Å². The quantitative estimate of drug-likeness (QED) is 0.518. The van der Waals surface area contributed by atoms with Crippen molar-refractivity contribution in [1.29, 1.82) is 0 Å². The standard InChI is InChI=1S/C11H10BF2N3S/c1-18-10-7(12)5-15-11(17-10)16-6-2-3-8(13)9(14)4-6/h2-5H,12H2,1H3,(H,15,16,17). The molecular formula is C11H10BF2N3S. The normalized spacial score (nSPS) is 10.4. The first kappa shape index (κ1) is 12.8. The molecule has 92 valence electrons. The Hall–Kier alpha value is -1.63. The Balaban J connectivity index is 2.25. The highest BCUT2D eigenvalue weighted by Gasteiger charge is 2.05. The zero-order valence-corrected chi connectivity index (χ0v) is 10.7. The number of hydrogen-bond donors (Lipinski definition) is 1. The molecule has 0 atom stereocenters. The van der Waals surface area contributed by atoms with Gasteiger partial charge in [-0.3, -0.25) is 0 Å². The summed E-state index contributed by atoms with van der Waals surface area (Å²) in [5, 5.41) is 3.67. The van der Waals surface area contributed by atoms with Crippen LogP contribution in [0.5, 0.6) is 0 Å². The van der Waals surface area contributed by atoms with Gasteiger partial charge in [0.2, 0.25) is 5.95 Å². The van der Waals surface area contributed by atoms with Gasteiger partial charge >= 0.3 is 0 Å². The highest BCUT2D eigenvalue weighted by atomic mass is 32.2. The first-order chi connectivity index (χ1) is 8.60. The summed E-state index contributed by atoms with van der Waals surface area (Å²) in [4.78, 5) is 8.35. The number of hydrogen-bond acceptors (Lipinski definition) is 4. The predicted octanol–water partition coefficient (Wildman–Crippen LogP) is 1.48. The highest BCUT2D eigenvalue weighted by Crippen LogP contribution is 2.17. The number of nitrogens with zero attached hydrogens (tertiary/aromatic N) is 2. The van der Waals surface area contributed by atoms with E-state index in [1.165, 1.54) is 17.8 Å². The molecule has 0 saturated carbocycles. The van der Waals surface area contributed by atoms with E-state index in [1.54, 1.807) is 6.20 Å². The van der Waals surface area contributed by atoms with E-state index in [0.29, 0.717) is 11.6 Å². The van der Waals surface area contributed by atoms with Crippen molar-refractivity contribution in [1.82, 2.24) is 9.97 Å². The van der Waals surface area contributed by atoms with Gasteiger partial charge in [0, 0.05) is 18.0 Å². The van der Waals surface area contributed by atoms with Gasteiger partial charge in [-0.25, -0.2) is 18.7 Å². The summed E-state index contributed by atoms with van der Waals surface area (Å²) in [7, 11) is 1.91. The van der Waals surface area contributed by atoms with Crippen LogP contribution in [0.25, 0.3) is 0 Å². The molecule has 18 heavy (non-hydrogen) atoms. The second kappa shape index (κ2) is 5.35. The van der Waals surface area contributed by atoms with E-state index in [9.17, 15) is 8.78 Å². The molecule has 0 saturated heterocycles. The first-order valence-electron chi connectivity index (χ1n) is 5.20. The number of aromatic nitrogens is 2. The van der Waals surface area contributed by atoms with Crippen molar-refractivity contribution in [2.24, 2.45) is 0 Å². The van der Waals surface area contributed by atoms with Gasteiger partial charge in [0.15, 0.2) is 11.6 Å². The Morgan fingerprint density at radius 1 is 1.28 bits per heavy atom. The minimum atomic E-state index is -0.905. The van der Waals surface area contributed by atoms with Gasteiger partial charge in [-0.15, -0.1) is 11.8 Å². The lowest BCUT2D eigenvalue weighted by atomic mass is 10.0. The fraction of sp³-hybridized carbons (Fsp3) is 0.0909. The van der Waals surface area contributed by atoms with E-state index in [-0.39, 0.29) is 0 Å². The molecule has 0 bridgehead atoms. The fourth-order valence-electron chi connectivity index (χ4n) is 1.40. The van der Waals surface area contributed by atoms with Crippen molar-refractivity contribution in [2.45, 2.75) is 5.03 Å². The molecule has 0 aliphatic heterocycles. The lowest BCUT2D eigenvalue weighted by Crippen LogP contribution is -2.11. The Morgan fingerprint density at radius 3 is 2.72 bits per heavy atom. The van der Waals surface area contributed by atoms with Crippen LogP contribution in [-0.4, -0.2) is 24.1 Å². The topological polar surface area (TPSA) is 37.8 Å². The Bertz CT molecular complexity index is 580. The molecule has 0 aliphatic rings. The molecule has 0 amide bonds. The maximum atomic E-state index is 13.0. The smallest absolute Gasteiger partial charge is 0.228 e. The molecule has 1 aromatic heterocycles. The van der Waals surface area contributed by atoms with Crippen LogP contribution >= 0.6 is 11.8 Å². The van der Waals surface area contributed by atoms with Gasteiger partial charge in [0.1, 0.15) is 7.85 Å². The Labute approximate surface area is 108 Å². The van der Waals surface area contributed by atoms with E-state index in [1.807, 2.05) is 14.1 Å². The number of rotatable bonds is 3. The predicted molar refractivity (Wildman–Crippen MR) is 71.6 cm³/mol. The molecule has 0 radical (unpaired) electrons. The summed E-state index contributed by atoms with van der Waals surface area (Å²) < 4.78 is 25.8. The van der Waals surface area contributed by atoms with Gasteiger partial charge in [-0.1, -0.05) is 0 Å². The maximum Gasteiger partial charge on any atom is 0.228 e. The van der Waals surface area contributed by atoms with Crippen LogP contribution in [0.2, 0.25) is 0 Å². The van der Waals surface area contributed by atoms with Crippen LogP contribution in [0.3, 0.4) is 0 Å². The van der Waals surface area contributed by atoms with Gasteiger partial charge in [0.05, 0.1) is 5.03 Å². The minimum Gasteiger partial charge on any atom is -0.324 e. The van der Waals surface area contributed by atoms with Crippen LogP contribution < -0.4 is 10.8 Å². The summed E-state index contributed by atoms with van der Waals surface area (Å²) >= 11 is 1.50. The van der Waals surface area contributed by atoms with Gasteiger partial charge < -0.3 is 5.32 Å². The van der Waals surface area contributed by atoms with Crippen molar-refractivity contribution >= 4 is 36.7 Å². The fourth-order valence-corrected chi connectivity index (χ4v) is 1.95. The zero-order valence-electron chi connectivity index (χ0n) is 9.87. The van der Waals surface area contributed by atoms with Crippen molar-refractivity contribution in [3.05, 3.63) is 36.0 Å². The first-order valence-corrected chi connectivity index (χ1v) is 6.42. The van der Waals surface area contributed by atoms with Gasteiger partial charge in [-0.05, 0) is 23.9 Å².